The fourth-order valence-corrected chi connectivity index (χ4v) is 4.78. The maximum atomic E-state index is 12.3. The van der Waals surface area contributed by atoms with E-state index in [9.17, 15) is 4.79 Å². The smallest absolute Gasteiger partial charge is 0.246 e. The Kier molecular flexibility index (Phi) is 6.69. The highest BCUT2D eigenvalue weighted by atomic mass is 35.5. The predicted molar refractivity (Wildman–Crippen MR) is 136 cm³/mol. The molecule has 0 bridgehead atoms. The van der Waals surface area contributed by atoms with Gasteiger partial charge in [-0.3, -0.25) is 4.79 Å². The van der Waals surface area contributed by atoms with Crippen molar-refractivity contribution in [2.45, 2.75) is 45.7 Å². The van der Waals surface area contributed by atoms with Crippen LogP contribution in [0.4, 0.5) is 17.3 Å². The highest BCUT2D eigenvalue weighted by Crippen LogP contribution is 2.40. The van der Waals surface area contributed by atoms with Crippen LogP contribution >= 0.6 is 23.2 Å². The highest BCUT2D eigenvalue weighted by Gasteiger charge is 2.37. The predicted octanol–water partition coefficient (Wildman–Crippen LogP) is 3.85. The Labute approximate surface area is 209 Å². The number of halogens is 2. The molecule has 0 radical (unpaired) electrons. The first-order valence-corrected chi connectivity index (χ1v) is 11.9. The zero-order valence-corrected chi connectivity index (χ0v) is 21.2. The molecule has 1 fully saturated rings. The lowest BCUT2D eigenvalue weighted by Crippen LogP contribution is -2.59. The van der Waals surface area contributed by atoms with Crippen LogP contribution in [0.5, 0.6) is 0 Å². The van der Waals surface area contributed by atoms with E-state index in [0.29, 0.717) is 35.4 Å². The Bertz CT molecular complexity index is 1170. The molecule has 4 rings (SSSR count). The van der Waals surface area contributed by atoms with Crippen molar-refractivity contribution < 1.29 is 4.79 Å². The molecule has 1 saturated heterocycles. The summed E-state index contributed by atoms with van der Waals surface area (Å²) in [6.07, 6.45) is 2.82. The summed E-state index contributed by atoms with van der Waals surface area (Å²) in [5, 5.41) is 0.522. The van der Waals surface area contributed by atoms with Crippen LogP contribution in [0, 0.1) is 0 Å². The SMILES string of the molecule is C=CC(=O)N1C[C@H](C)N(C2=NCN(c3c(N)ncnc3C(C)C)c3nc(Cl)c(Cl)cc32)C[C@H]1C. The molecule has 2 aliphatic heterocycles. The summed E-state index contributed by atoms with van der Waals surface area (Å²) in [7, 11) is 0. The number of rotatable bonds is 3. The van der Waals surface area contributed by atoms with Crippen LogP contribution in [0.15, 0.2) is 30.0 Å². The number of nitrogens with two attached hydrogens (primary N) is 1. The third-order valence-electron chi connectivity index (χ3n) is 6.18. The van der Waals surface area contributed by atoms with Gasteiger partial charge in [0.05, 0.1) is 16.3 Å². The molecule has 4 heterocycles. The first-order valence-electron chi connectivity index (χ1n) is 11.1. The van der Waals surface area contributed by atoms with Gasteiger partial charge in [-0.25, -0.2) is 19.9 Å². The number of carbonyl (C=O) groups excluding carboxylic acids is 1. The van der Waals surface area contributed by atoms with Crippen LogP contribution in [-0.2, 0) is 4.79 Å². The number of aromatic nitrogens is 3. The Morgan fingerprint density at radius 3 is 2.65 bits per heavy atom. The van der Waals surface area contributed by atoms with Crippen molar-refractivity contribution in [1.29, 1.82) is 0 Å². The quantitative estimate of drug-likeness (QED) is 0.501. The Morgan fingerprint density at radius 2 is 1.97 bits per heavy atom. The van der Waals surface area contributed by atoms with Crippen molar-refractivity contribution in [3.63, 3.8) is 0 Å². The monoisotopic (exact) mass is 502 g/mol. The second-order valence-corrected chi connectivity index (χ2v) is 9.64. The van der Waals surface area contributed by atoms with E-state index >= 15 is 0 Å². The van der Waals surface area contributed by atoms with Crippen LogP contribution in [-0.4, -0.2) is 68.3 Å². The van der Waals surface area contributed by atoms with Gasteiger partial charge >= 0.3 is 0 Å². The number of aliphatic imine (C=N–C) groups is 1. The topological polar surface area (TPSA) is 104 Å². The number of nitrogens with zero attached hydrogens (tertiary/aromatic N) is 7. The number of fused-ring (bicyclic) bond motifs is 1. The number of amidine groups is 1. The largest absolute Gasteiger partial charge is 0.382 e. The Morgan fingerprint density at radius 1 is 1.24 bits per heavy atom. The first-order chi connectivity index (χ1) is 16.1. The molecule has 0 aromatic carbocycles. The van der Waals surface area contributed by atoms with Gasteiger partial charge in [0, 0.05) is 25.2 Å². The summed E-state index contributed by atoms with van der Waals surface area (Å²) in [6.45, 7) is 13.2. The number of amides is 1. The van der Waals surface area contributed by atoms with Crippen molar-refractivity contribution in [2.24, 2.45) is 4.99 Å². The number of carbonyl (C=O) groups is 1. The molecule has 2 atom stereocenters. The molecular formula is C23H28Cl2N8O. The average Bonchev–Trinajstić information content (AvgIpc) is 2.80. The minimum atomic E-state index is -0.0755. The summed E-state index contributed by atoms with van der Waals surface area (Å²) in [5.74, 6) is 1.72. The van der Waals surface area contributed by atoms with Crippen LogP contribution in [0.25, 0.3) is 0 Å². The zero-order chi connectivity index (χ0) is 24.7. The van der Waals surface area contributed by atoms with Gasteiger partial charge in [0.2, 0.25) is 5.91 Å². The Balaban J connectivity index is 1.79. The summed E-state index contributed by atoms with van der Waals surface area (Å²) >= 11 is 12.8. The summed E-state index contributed by atoms with van der Waals surface area (Å²) in [4.78, 5) is 36.4. The van der Waals surface area contributed by atoms with Gasteiger partial charge in [0.25, 0.3) is 0 Å². The van der Waals surface area contributed by atoms with E-state index in [-0.39, 0.29) is 35.7 Å². The summed E-state index contributed by atoms with van der Waals surface area (Å²) in [6, 6.07) is 1.78. The number of hydrogen-bond acceptors (Lipinski definition) is 8. The second-order valence-electron chi connectivity index (χ2n) is 8.88. The Hall–Kier alpha value is -2.91. The third kappa shape index (κ3) is 4.18. The van der Waals surface area contributed by atoms with E-state index in [1.165, 1.54) is 12.4 Å². The number of hydrogen-bond donors (Lipinski definition) is 1. The lowest BCUT2D eigenvalue weighted by atomic mass is 10.0. The molecule has 1 amide bonds. The van der Waals surface area contributed by atoms with Crippen LogP contribution in [0.3, 0.4) is 0 Å². The lowest BCUT2D eigenvalue weighted by Gasteiger charge is -2.46. The highest BCUT2D eigenvalue weighted by molar-refractivity contribution is 6.41. The minimum Gasteiger partial charge on any atom is -0.382 e. The van der Waals surface area contributed by atoms with Crippen LogP contribution in [0.1, 0.15) is 44.9 Å². The van der Waals surface area contributed by atoms with Crippen molar-refractivity contribution in [3.05, 3.63) is 46.5 Å². The number of anilines is 3. The minimum absolute atomic E-state index is 0.0176. The number of piperazine rings is 1. The summed E-state index contributed by atoms with van der Waals surface area (Å²) in [5.41, 5.74) is 8.50. The summed E-state index contributed by atoms with van der Waals surface area (Å²) < 4.78 is 0. The molecule has 2 N–H and O–H groups in total. The fraction of sp³-hybridized carbons (Fsp3) is 0.435. The van der Waals surface area contributed by atoms with E-state index in [1.807, 2.05) is 30.6 Å². The van der Waals surface area contributed by atoms with Gasteiger partial charge in [0.1, 0.15) is 35.5 Å². The lowest BCUT2D eigenvalue weighted by molar-refractivity contribution is -0.130. The van der Waals surface area contributed by atoms with Crippen molar-refractivity contribution in [2.75, 3.05) is 30.4 Å². The maximum absolute atomic E-state index is 12.3. The van der Waals surface area contributed by atoms with E-state index < -0.39 is 0 Å². The molecule has 2 aliphatic rings. The van der Waals surface area contributed by atoms with Crippen LogP contribution in [0.2, 0.25) is 10.2 Å². The van der Waals surface area contributed by atoms with Gasteiger partial charge < -0.3 is 20.4 Å². The molecule has 34 heavy (non-hydrogen) atoms. The average molecular weight is 503 g/mol. The molecule has 0 unspecified atom stereocenters. The number of nitrogen functional groups attached to an aromatic ring is 1. The number of pyridine rings is 1. The van der Waals surface area contributed by atoms with Gasteiger partial charge in [-0.15, -0.1) is 0 Å². The molecule has 180 valence electrons. The second kappa shape index (κ2) is 9.38. The zero-order valence-electron chi connectivity index (χ0n) is 19.7. The molecule has 0 spiro atoms. The van der Waals surface area contributed by atoms with Gasteiger partial charge in [-0.2, -0.15) is 0 Å². The van der Waals surface area contributed by atoms with E-state index in [4.69, 9.17) is 33.9 Å². The third-order valence-corrected chi connectivity index (χ3v) is 6.86. The maximum Gasteiger partial charge on any atom is 0.246 e. The normalized spacial score (nSPS) is 20.3. The first kappa shape index (κ1) is 24.2. The standard InChI is InChI=1S/C23H28Cl2N8O/c1-6-17(34)31-8-14(5)32(9-13(31)4)22-15-7-16(24)20(25)30-23(15)33(11-29-22)19-18(12(2)3)27-10-28-21(19)26/h6-7,10,12-14H,1,8-9,11H2,2-5H3,(H2,26,27,28)/t13-,14+/m1/s1. The van der Waals surface area contributed by atoms with Crippen molar-refractivity contribution in [3.8, 4) is 0 Å². The van der Waals surface area contributed by atoms with Gasteiger partial charge in [-0.05, 0) is 31.9 Å². The molecule has 0 saturated carbocycles. The molecular weight excluding hydrogens is 475 g/mol. The van der Waals surface area contributed by atoms with Gasteiger partial charge in [0.15, 0.2) is 5.82 Å². The molecule has 2 aromatic rings. The molecule has 11 heteroatoms. The van der Waals surface area contributed by atoms with Crippen LogP contribution < -0.4 is 10.6 Å². The molecule has 2 aromatic heterocycles. The van der Waals surface area contributed by atoms with Crippen molar-refractivity contribution >= 4 is 52.3 Å². The van der Waals surface area contributed by atoms with E-state index in [1.54, 1.807) is 6.07 Å². The molecule has 9 nitrogen and oxygen atoms in total. The van der Waals surface area contributed by atoms with E-state index in [0.717, 1.165) is 17.1 Å². The fourth-order valence-electron chi connectivity index (χ4n) is 4.49. The molecule has 0 aliphatic carbocycles. The van der Waals surface area contributed by atoms with Gasteiger partial charge in [-0.1, -0.05) is 43.6 Å². The van der Waals surface area contributed by atoms with E-state index in [2.05, 4.69) is 33.4 Å². The van der Waals surface area contributed by atoms with Crippen molar-refractivity contribution in [1.82, 2.24) is 24.8 Å².